The molecule has 8 heteroatoms. The van der Waals surface area contributed by atoms with Crippen molar-refractivity contribution in [3.63, 3.8) is 0 Å². The Balaban J connectivity index is 2.16. The smallest absolute Gasteiger partial charge is 0.253 e. The van der Waals surface area contributed by atoms with Gasteiger partial charge in [-0.25, -0.2) is 4.39 Å². The van der Waals surface area contributed by atoms with Gasteiger partial charge >= 0.3 is 0 Å². The number of carbonyl (C=O) groups is 1. The molecule has 0 aliphatic heterocycles. The number of halogens is 3. The Labute approximate surface area is 154 Å². The number of nitrogens with one attached hydrogen (secondary N) is 1. The second kappa shape index (κ2) is 8.58. The summed E-state index contributed by atoms with van der Waals surface area (Å²) in [5, 5.41) is 21.7. The Morgan fingerprint density at radius 1 is 1.20 bits per heavy atom. The van der Waals surface area contributed by atoms with E-state index in [1.54, 1.807) is 42.6 Å². The predicted molar refractivity (Wildman–Crippen MR) is 94.0 cm³/mol. The van der Waals surface area contributed by atoms with Gasteiger partial charge in [0, 0.05) is 11.8 Å². The van der Waals surface area contributed by atoms with E-state index in [-0.39, 0.29) is 13.2 Å². The highest BCUT2D eigenvalue weighted by Crippen LogP contribution is 2.25. The molecular weight excluding hydrogens is 370 g/mol. The quantitative estimate of drug-likeness (QED) is 0.637. The third kappa shape index (κ3) is 4.89. The number of aromatic nitrogens is 1. The molecule has 0 spiro atoms. The average Bonchev–Trinajstić information content (AvgIpc) is 2.66. The van der Waals surface area contributed by atoms with Crippen molar-refractivity contribution in [1.82, 2.24) is 10.3 Å². The van der Waals surface area contributed by atoms with Crippen LogP contribution in [0, 0.1) is 0 Å². The molecule has 0 aliphatic rings. The normalized spacial score (nSPS) is 13.5. The van der Waals surface area contributed by atoms with Crippen LogP contribution in [0.25, 0.3) is 11.1 Å². The number of nitrogens with zero attached hydrogens (tertiary/aromatic N) is 1. The molecule has 1 unspecified atom stereocenters. The number of rotatable bonds is 7. The van der Waals surface area contributed by atoms with Gasteiger partial charge < -0.3 is 15.5 Å². The van der Waals surface area contributed by atoms with Gasteiger partial charge in [0.25, 0.3) is 5.91 Å². The Morgan fingerprint density at radius 3 is 2.32 bits per heavy atom. The van der Waals surface area contributed by atoms with Crippen LogP contribution in [0.15, 0.2) is 42.6 Å². The zero-order valence-corrected chi connectivity index (χ0v) is 14.6. The van der Waals surface area contributed by atoms with Crippen molar-refractivity contribution in [3.8, 4) is 11.1 Å². The van der Waals surface area contributed by atoms with Gasteiger partial charge in [-0.2, -0.15) is 0 Å². The number of alkyl halides is 3. The zero-order chi connectivity index (χ0) is 18.4. The summed E-state index contributed by atoms with van der Waals surface area (Å²) in [5.41, 5.74) is 0.607. The predicted octanol–water partition coefficient (Wildman–Crippen LogP) is 2.32. The molecule has 0 radical (unpaired) electrons. The van der Waals surface area contributed by atoms with Crippen LogP contribution in [-0.4, -0.2) is 39.2 Å². The van der Waals surface area contributed by atoms with Crippen molar-refractivity contribution >= 4 is 29.1 Å². The summed E-state index contributed by atoms with van der Waals surface area (Å²) in [7, 11) is 0. The van der Waals surface area contributed by atoms with Gasteiger partial charge in [-0.1, -0.05) is 53.5 Å². The lowest BCUT2D eigenvalue weighted by atomic mass is 9.93. The van der Waals surface area contributed by atoms with Gasteiger partial charge in [0.05, 0.1) is 18.8 Å². The van der Waals surface area contributed by atoms with Gasteiger partial charge in [-0.3, -0.25) is 9.78 Å². The van der Waals surface area contributed by atoms with E-state index in [0.717, 1.165) is 11.1 Å². The Hall–Kier alpha value is -1.73. The first-order valence-corrected chi connectivity index (χ1v) is 8.28. The SMILES string of the molecule is O=C(NCC(O)(CF)c1ccc(-c2ccc(CO)nc2)cc1)C(Cl)Cl. The molecule has 1 atom stereocenters. The molecule has 0 aliphatic carbocycles. The molecule has 0 saturated carbocycles. The van der Waals surface area contributed by atoms with Crippen LogP contribution in [0.1, 0.15) is 11.3 Å². The van der Waals surface area contributed by atoms with E-state index in [4.69, 9.17) is 28.3 Å². The van der Waals surface area contributed by atoms with Crippen molar-refractivity contribution in [2.75, 3.05) is 13.2 Å². The van der Waals surface area contributed by atoms with E-state index in [0.29, 0.717) is 11.3 Å². The van der Waals surface area contributed by atoms with Gasteiger partial charge in [0.15, 0.2) is 4.84 Å². The van der Waals surface area contributed by atoms with Gasteiger partial charge in [-0.15, -0.1) is 0 Å². The second-order valence-corrected chi connectivity index (χ2v) is 6.55. The van der Waals surface area contributed by atoms with Gasteiger partial charge in [0.2, 0.25) is 0 Å². The van der Waals surface area contributed by atoms with Crippen molar-refractivity contribution in [2.45, 2.75) is 17.0 Å². The first kappa shape index (κ1) is 19.6. The molecule has 3 N–H and O–H groups in total. The maximum absolute atomic E-state index is 13.4. The number of aliphatic hydroxyl groups is 2. The number of amides is 1. The maximum atomic E-state index is 13.4. The molecule has 134 valence electrons. The number of hydrogen-bond acceptors (Lipinski definition) is 4. The Morgan fingerprint density at radius 2 is 1.84 bits per heavy atom. The third-order valence-electron chi connectivity index (χ3n) is 3.72. The minimum Gasteiger partial charge on any atom is -0.390 e. The third-order valence-corrected chi connectivity index (χ3v) is 4.11. The van der Waals surface area contributed by atoms with Crippen molar-refractivity contribution < 1.29 is 19.4 Å². The van der Waals surface area contributed by atoms with E-state index in [1.807, 2.05) is 0 Å². The molecule has 1 heterocycles. The van der Waals surface area contributed by atoms with Gasteiger partial charge in [-0.05, 0) is 17.2 Å². The Bertz CT molecular complexity index is 711. The fraction of sp³-hybridized carbons (Fsp3) is 0.294. The number of aliphatic hydroxyl groups excluding tert-OH is 1. The summed E-state index contributed by atoms with van der Waals surface area (Å²) in [6.45, 7) is -1.58. The fourth-order valence-corrected chi connectivity index (χ4v) is 2.35. The minimum atomic E-state index is -1.88. The largest absolute Gasteiger partial charge is 0.390 e. The van der Waals surface area contributed by atoms with Crippen LogP contribution >= 0.6 is 23.2 Å². The number of benzene rings is 1. The fourth-order valence-electron chi connectivity index (χ4n) is 2.20. The maximum Gasteiger partial charge on any atom is 0.253 e. The lowest BCUT2D eigenvalue weighted by Crippen LogP contribution is -2.43. The molecule has 5 nitrogen and oxygen atoms in total. The van der Waals surface area contributed by atoms with E-state index >= 15 is 0 Å². The van der Waals surface area contributed by atoms with Crippen LogP contribution in [0.2, 0.25) is 0 Å². The highest BCUT2D eigenvalue weighted by atomic mass is 35.5. The summed E-state index contributed by atoms with van der Waals surface area (Å²) in [6, 6.07) is 10.1. The van der Waals surface area contributed by atoms with Crippen molar-refractivity contribution in [1.29, 1.82) is 0 Å². The number of pyridine rings is 1. The number of hydrogen-bond donors (Lipinski definition) is 3. The highest BCUT2D eigenvalue weighted by molar-refractivity contribution is 6.53. The molecule has 0 saturated heterocycles. The second-order valence-electron chi connectivity index (χ2n) is 5.46. The van der Waals surface area contributed by atoms with E-state index in [2.05, 4.69) is 10.3 Å². The van der Waals surface area contributed by atoms with Crippen LogP contribution in [-0.2, 0) is 17.0 Å². The highest BCUT2D eigenvalue weighted by Gasteiger charge is 2.30. The Kier molecular flexibility index (Phi) is 6.72. The van der Waals surface area contributed by atoms with Crippen LogP contribution < -0.4 is 5.32 Å². The van der Waals surface area contributed by atoms with Gasteiger partial charge in [0.1, 0.15) is 12.3 Å². The lowest BCUT2D eigenvalue weighted by molar-refractivity contribution is -0.121. The van der Waals surface area contributed by atoms with Crippen LogP contribution in [0.3, 0.4) is 0 Å². The number of carbonyl (C=O) groups excluding carboxylic acids is 1. The molecular formula is C17H17Cl2FN2O3. The van der Waals surface area contributed by atoms with Crippen molar-refractivity contribution in [2.24, 2.45) is 0 Å². The minimum absolute atomic E-state index is 0.139. The molecule has 1 aromatic carbocycles. The standard InChI is InChI=1S/C17H17Cl2FN2O3/c18-15(19)16(24)22-10-17(25,9-20)13-4-1-11(2-5-13)12-3-6-14(8-23)21-7-12/h1-7,15,23,25H,8-10H2,(H,22,24). The van der Waals surface area contributed by atoms with Crippen LogP contribution in [0.5, 0.6) is 0 Å². The summed E-state index contributed by atoms with van der Waals surface area (Å²) >= 11 is 10.8. The molecule has 2 aromatic rings. The summed E-state index contributed by atoms with van der Waals surface area (Å²) in [4.78, 5) is 14.2. The lowest BCUT2D eigenvalue weighted by Gasteiger charge is -2.26. The molecule has 1 aromatic heterocycles. The van der Waals surface area contributed by atoms with E-state index < -0.39 is 23.0 Å². The summed E-state index contributed by atoms with van der Waals surface area (Å²) in [6.07, 6.45) is 1.61. The summed E-state index contributed by atoms with van der Waals surface area (Å²) < 4.78 is 13.4. The monoisotopic (exact) mass is 386 g/mol. The first-order valence-electron chi connectivity index (χ1n) is 7.40. The molecule has 25 heavy (non-hydrogen) atoms. The van der Waals surface area contributed by atoms with E-state index in [1.165, 1.54) is 0 Å². The molecule has 2 rings (SSSR count). The zero-order valence-electron chi connectivity index (χ0n) is 13.1. The topological polar surface area (TPSA) is 82.5 Å². The average molecular weight is 387 g/mol. The first-order chi connectivity index (χ1) is 11.9. The van der Waals surface area contributed by atoms with E-state index in [9.17, 15) is 14.3 Å². The molecule has 0 bridgehead atoms. The summed E-state index contributed by atoms with van der Waals surface area (Å²) in [5.74, 6) is -0.707. The van der Waals surface area contributed by atoms with Crippen molar-refractivity contribution in [3.05, 3.63) is 53.9 Å². The molecule has 1 amide bonds. The molecule has 0 fully saturated rings. The van der Waals surface area contributed by atoms with Crippen LogP contribution in [0.4, 0.5) is 4.39 Å².